The summed E-state index contributed by atoms with van der Waals surface area (Å²) in [7, 11) is 0. The van der Waals surface area contributed by atoms with E-state index in [0.717, 1.165) is 11.8 Å². The lowest BCUT2D eigenvalue weighted by Crippen LogP contribution is -2.30. The minimum Gasteiger partial charge on any atom is -0.465 e. The molecule has 7 nitrogen and oxygen atoms in total. The Morgan fingerprint density at radius 3 is 2.24 bits per heavy atom. The zero-order valence-electron chi connectivity index (χ0n) is 21.9. The van der Waals surface area contributed by atoms with E-state index in [0.29, 0.717) is 21.9 Å². The summed E-state index contributed by atoms with van der Waals surface area (Å²) in [6.45, 7) is 1.64. The van der Waals surface area contributed by atoms with Crippen LogP contribution in [-0.2, 0) is 9.59 Å². The van der Waals surface area contributed by atoms with Crippen molar-refractivity contribution in [1.82, 2.24) is 5.32 Å². The fourth-order valence-corrected chi connectivity index (χ4v) is 4.69. The normalized spacial score (nSPS) is 12.0. The first-order valence-corrected chi connectivity index (χ1v) is 13.4. The molecule has 12 heteroatoms. The van der Waals surface area contributed by atoms with E-state index in [1.165, 1.54) is 12.3 Å². The van der Waals surface area contributed by atoms with E-state index >= 15 is 0 Å². The van der Waals surface area contributed by atoms with Crippen LogP contribution in [0.15, 0.2) is 94.1 Å². The van der Waals surface area contributed by atoms with Gasteiger partial charge in [-0.25, -0.2) is 17.6 Å². The van der Waals surface area contributed by atoms with Crippen molar-refractivity contribution in [3.05, 3.63) is 119 Å². The van der Waals surface area contributed by atoms with E-state index in [4.69, 9.17) is 4.42 Å². The van der Waals surface area contributed by atoms with Crippen LogP contribution < -0.4 is 16.0 Å². The zero-order valence-corrected chi connectivity index (χ0v) is 22.7. The molecule has 0 aliphatic rings. The van der Waals surface area contributed by atoms with Crippen LogP contribution in [0.2, 0.25) is 0 Å². The molecule has 42 heavy (non-hydrogen) atoms. The summed E-state index contributed by atoms with van der Waals surface area (Å²) >= 11 is 1.00. The number of nitrogens with one attached hydrogen (secondary N) is 3. The van der Waals surface area contributed by atoms with Gasteiger partial charge in [-0.05, 0) is 48.9 Å². The molecule has 0 saturated carbocycles. The number of benzene rings is 3. The van der Waals surface area contributed by atoms with Crippen molar-refractivity contribution in [1.29, 1.82) is 0 Å². The maximum atomic E-state index is 14.1. The van der Waals surface area contributed by atoms with Gasteiger partial charge in [0.1, 0.15) is 17.1 Å². The Labute approximate surface area is 242 Å². The van der Waals surface area contributed by atoms with Crippen LogP contribution in [0.25, 0.3) is 6.08 Å². The molecule has 1 heterocycles. The van der Waals surface area contributed by atoms with Gasteiger partial charge in [-0.3, -0.25) is 14.4 Å². The Bertz CT molecular complexity index is 1600. The van der Waals surface area contributed by atoms with Crippen LogP contribution in [0, 0.1) is 23.3 Å². The standard InChI is InChI=1S/C30H23F4N3O4S/c1-2-24(30(40)37-27-25(33)21(31)16-22(32)26(27)34)42-20-12-6-10-18(14-20)35-29(39)23(15-19-11-7-13-41-19)36-28(38)17-8-4-3-5-9-17/h3-16,24H,2H2,1H3,(H,35,39)(H,36,38)(H,37,40)/b23-15-. The third kappa shape index (κ3) is 7.46. The van der Waals surface area contributed by atoms with Gasteiger partial charge >= 0.3 is 0 Å². The van der Waals surface area contributed by atoms with E-state index in [1.54, 1.807) is 73.7 Å². The molecule has 0 bridgehead atoms. The molecule has 0 saturated heterocycles. The molecule has 1 atom stereocenters. The highest BCUT2D eigenvalue weighted by Gasteiger charge is 2.25. The molecular formula is C30H23F4N3O4S. The molecule has 216 valence electrons. The van der Waals surface area contributed by atoms with Crippen molar-refractivity contribution in [2.24, 2.45) is 0 Å². The Hall–Kier alpha value is -4.84. The molecule has 1 unspecified atom stereocenters. The van der Waals surface area contributed by atoms with Crippen molar-refractivity contribution in [2.45, 2.75) is 23.5 Å². The number of halogens is 4. The van der Waals surface area contributed by atoms with Crippen molar-refractivity contribution in [2.75, 3.05) is 10.6 Å². The molecule has 3 aromatic carbocycles. The first-order valence-electron chi connectivity index (χ1n) is 12.5. The highest BCUT2D eigenvalue weighted by molar-refractivity contribution is 8.00. The topological polar surface area (TPSA) is 100 Å². The molecule has 0 aliphatic carbocycles. The lowest BCUT2D eigenvalue weighted by molar-refractivity contribution is -0.116. The van der Waals surface area contributed by atoms with Gasteiger partial charge in [0.05, 0.1) is 11.5 Å². The molecule has 4 aromatic rings. The average molecular weight is 598 g/mol. The maximum Gasteiger partial charge on any atom is 0.272 e. The molecule has 4 rings (SSSR count). The summed E-state index contributed by atoms with van der Waals surface area (Å²) in [5.74, 6) is -8.47. The maximum absolute atomic E-state index is 14.1. The van der Waals surface area contributed by atoms with Gasteiger partial charge in [-0.15, -0.1) is 11.8 Å². The molecule has 3 amide bonds. The van der Waals surface area contributed by atoms with Gasteiger partial charge in [-0.2, -0.15) is 0 Å². The molecule has 3 N–H and O–H groups in total. The largest absolute Gasteiger partial charge is 0.465 e. The van der Waals surface area contributed by atoms with E-state index in [2.05, 4.69) is 10.6 Å². The fraction of sp³-hybridized carbons (Fsp3) is 0.100. The summed E-state index contributed by atoms with van der Waals surface area (Å²) in [5.41, 5.74) is -0.678. The number of rotatable bonds is 10. The third-order valence-corrected chi connectivity index (χ3v) is 7.11. The van der Waals surface area contributed by atoms with E-state index < -0.39 is 51.9 Å². The van der Waals surface area contributed by atoms with Crippen molar-refractivity contribution >= 4 is 46.9 Å². The van der Waals surface area contributed by atoms with Crippen LogP contribution in [-0.4, -0.2) is 23.0 Å². The summed E-state index contributed by atoms with van der Waals surface area (Å²) < 4.78 is 60.5. The second-order valence-electron chi connectivity index (χ2n) is 8.72. The van der Waals surface area contributed by atoms with Crippen LogP contribution >= 0.6 is 11.8 Å². The van der Waals surface area contributed by atoms with Crippen molar-refractivity contribution in [3.63, 3.8) is 0 Å². The van der Waals surface area contributed by atoms with E-state index in [9.17, 15) is 31.9 Å². The van der Waals surface area contributed by atoms with E-state index in [1.807, 2.05) is 5.32 Å². The predicted molar refractivity (Wildman–Crippen MR) is 151 cm³/mol. The molecule has 0 spiro atoms. The third-order valence-electron chi connectivity index (χ3n) is 5.75. The van der Waals surface area contributed by atoms with Crippen molar-refractivity contribution in [3.8, 4) is 0 Å². The SMILES string of the molecule is CCC(Sc1cccc(NC(=O)/C(=C/c2ccco2)NC(=O)c2ccccc2)c1)C(=O)Nc1c(F)c(F)cc(F)c1F. The van der Waals surface area contributed by atoms with Gasteiger partial charge in [0.25, 0.3) is 11.8 Å². The van der Waals surface area contributed by atoms with Crippen LogP contribution in [0.5, 0.6) is 0 Å². The smallest absolute Gasteiger partial charge is 0.272 e. The average Bonchev–Trinajstić information content (AvgIpc) is 3.50. The van der Waals surface area contributed by atoms with Crippen LogP contribution in [0.1, 0.15) is 29.5 Å². The predicted octanol–water partition coefficient (Wildman–Crippen LogP) is 6.76. The number of hydrogen-bond donors (Lipinski definition) is 3. The van der Waals surface area contributed by atoms with Crippen molar-refractivity contribution < 1.29 is 36.4 Å². The van der Waals surface area contributed by atoms with Crippen LogP contribution in [0.3, 0.4) is 0 Å². The van der Waals surface area contributed by atoms with E-state index in [-0.39, 0.29) is 18.2 Å². The van der Waals surface area contributed by atoms with Gasteiger partial charge in [0.15, 0.2) is 23.3 Å². The highest BCUT2D eigenvalue weighted by atomic mass is 32.2. The number of thioether (sulfide) groups is 1. The Balaban J connectivity index is 1.49. The zero-order chi connectivity index (χ0) is 30.2. The lowest BCUT2D eigenvalue weighted by atomic mass is 10.2. The van der Waals surface area contributed by atoms with Gasteiger partial charge < -0.3 is 20.4 Å². The minimum absolute atomic E-state index is 0.0501. The van der Waals surface area contributed by atoms with Crippen LogP contribution in [0.4, 0.5) is 28.9 Å². The minimum atomic E-state index is -1.72. The number of amides is 3. The number of furan rings is 1. The number of carbonyl (C=O) groups excluding carboxylic acids is 3. The first kappa shape index (κ1) is 30.1. The molecule has 1 aromatic heterocycles. The Kier molecular flexibility index (Phi) is 9.81. The number of anilines is 2. The van der Waals surface area contributed by atoms with Gasteiger partial charge in [-0.1, -0.05) is 31.2 Å². The summed E-state index contributed by atoms with van der Waals surface area (Å²) in [5, 5.41) is 6.27. The second-order valence-corrected chi connectivity index (χ2v) is 10.00. The highest BCUT2D eigenvalue weighted by Crippen LogP contribution is 2.30. The number of hydrogen-bond acceptors (Lipinski definition) is 5. The Morgan fingerprint density at radius 2 is 1.60 bits per heavy atom. The summed E-state index contributed by atoms with van der Waals surface area (Å²) in [4.78, 5) is 39.2. The molecule has 0 aliphatic heterocycles. The molecule has 0 radical (unpaired) electrons. The first-order chi connectivity index (χ1) is 20.2. The summed E-state index contributed by atoms with van der Waals surface area (Å²) in [6.07, 6.45) is 2.96. The number of carbonyl (C=O) groups is 3. The monoisotopic (exact) mass is 597 g/mol. The summed E-state index contributed by atoms with van der Waals surface area (Å²) in [6, 6.07) is 17.9. The fourth-order valence-electron chi connectivity index (χ4n) is 3.68. The molecular weight excluding hydrogens is 574 g/mol. The molecule has 0 fully saturated rings. The van der Waals surface area contributed by atoms with Gasteiger partial charge in [0.2, 0.25) is 5.91 Å². The lowest BCUT2D eigenvalue weighted by Gasteiger charge is -2.16. The Morgan fingerprint density at radius 1 is 0.881 bits per heavy atom. The second kappa shape index (κ2) is 13.7. The quantitative estimate of drug-likeness (QED) is 0.0813. The van der Waals surface area contributed by atoms with Gasteiger partial charge in [0, 0.05) is 28.3 Å².